The van der Waals surface area contributed by atoms with E-state index in [9.17, 15) is 4.79 Å². The van der Waals surface area contributed by atoms with Crippen LogP contribution in [0.2, 0.25) is 5.02 Å². The Balaban J connectivity index is 1.29. The Labute approximate surface area is 184 Å². The molecule has 3 aromatic heterocycles. The van der Waals surface area contributed by atoms with Crippen molar-refractivity contribution in [2.24, 2.45) is 7.05 Å². The van der Waals surface area contributed by atoms with Gasteiger partial charge in [0.25, 0.3) is 5.56 Å². The molecule has 0 aliphatic carbocycles. The van der Waals surface area contributed by atoms with E-state index < -0.39 is 0 Å². The highest BCUT2D eigenvalue weighted by atomic mass is 35.5. The van der Waals surface area contributed by atoms with Gasteiger partial charge in [0, 0.05) is 67.5 Å². The fourth-order valence-electron chi connectivity index (χ4n) is 4.35. The van der Waals surface area contributed by atoms with Crippen LogP contribution in [0, 0.1) is 0 Å². The average Bonchev–Trinajstić information content (AvgIpc) is 3.25. The number of aryl methyl sites for hydroxylation is 1. The van der Waals surface area contributed by atoms with Gasteiger partial charge in [-0.05, 0) is 35.6 Å². The predicted molar refractivity (Wildman–Crippen MR) is 126 cm³/mol. The van der Waals surface area contributed by atoms with Crippen molar-refractivity contribution in [2.45, 2.75) is 6.42 Å². The predicted octanol–water partition coefficient (Wildman–Crippen LogP) is 4.17. The number of para-hydroxylation sites is 1. The number of fused-ring (bicyclic) bond motifs is 2. The summed E-state index contributed by atoms with van der Waals surface area (Å²) in [5, 5.41) is 5.07. The van der Waals surface area contributed by atoms with Crippen LogP contribution >= 0.6 is 22.9 Å². The molecule has 0 unspecified atom stereocenters. The van der Waals surface area contributed by atoms with Crippen LogP contribution in [-0.2, 0) is 13.5 Å². The van der Waals surface area contributed by atoms with E-state index in [2.05, 4.69) is 38.4 Å². The van der Waals surface area contributed by atoms with Gasteiger partial charge < -0.3 is 9.47 Å². The first-order valence-electron chi connectivity index (χ1n) is 10.2. The van der Waals surface area contributed by atoms with Crippen LogP contribution in [0.3, 0.4) is 0 Å². The number of aromatic nitrogens is 2. The Hall–Kier alpha value is -2.41. The SMILES string of the molecule is Cn1c(=O)cc(CCN2CCN(c3nccc4sccc34)CC2)c2cccc(Cl)c21. The highest BCUT2D eigenvalue weighted by Crippen LogP contribution is 2.29. The Morgan fingerprint density at radius 1 is 1.10 bits per heavy atom. The Morgan fingerprint density at radius 2 is 1.93 bits per heavy atom. The molecule has 0 atom stereocenters. The summed E-state index contributed by atoms with van der Waals surface area (Å²) in [6.07, 6.45) is 2.75. The van der Waals surface area contributed by atoms with Crippen molar-refractivity contribution < 1.29 is 0 Å². The van der Waals surface area contributed by atoms with Gasteiger partial charge in [-0.1, -0.05) is 23.7 Å². The molecule has 4 aromatic rings. The molecule has 5 rings (SSSR count). The van der Waals surface area contributed by atoms with E-state index in [1.807, 2.05) is 18.3 Å². The molecular weight excluding hydrogens is 416 g/mol. The van der Waals surface area contributed by atoms with E-state index in [4.69, 9.17) is 11.6 Å². The zero-order chi connectivity index (χ0) is 20.7. The van der Waals surface area contributed by atoms with Gasteiger partial charge in [-0.25, -0.2) is 4.98 Å². The van der Waals surface area contributed by atoms with Crippen LogP contribution in [0.25, 0.3) is 21.0 Å². The standard InChI is InChI=1S/C23H23ClN4OS/c1-26-21(29)15-16(17-3-2-4-19(24)22(17)26)6-9-27-10-12-28(13-11-27)23-18-7-14-30-20(18)5-8-25-23/h2-5,7-8,14-15H,6,9-13H2,1H3. The normalized spacial score (nSPS) is 15.3. The number of rotatable bonds is 4. The van der Waals surface area contributed by atoms with Crippen molar-refractivity contribution >= 4 is 49.7 Å². The molecule has 0 bridgehead atoms. The smallest absolute Gasteiger partial charge is 0.251 e. The number of halogens is 1. The highest BCUT2D eigenvalue weighted by molar-refractivity contribution is 7.17. The van der Waals surface area contributed by atoms with Crippen molar-refractivity contribution in [3.05, 3.63) is 68.9 Å². The first-order valence-corrected chi connectivity index (χ1v) is 11.4. The Bertz CT molecular complexity index is 1270. The summed E-state index contributed by atoms with van der Waals surface area (Å²) in [4.78, 5) is 21.9. The lowest BCUT2D eigenvalue weighted by Crippen LogP contribution is -2.47. The van der Waals surface area contributed by atoms with Crippen LogP contribution in [0.15, 0.2) is 52.8 Å². The van der Waals surface area contributed by atoms with Gasteiger partial charge in [0.2, 0.25) is 0 Å². The van der Waals surface area contributed by atoms with Crippen LogP contribution < -0.4 is 10.5 Å². The topological polar surface area (TPSA) is 41.4 Å². The fraction of sp³-hybridized carbons (Fsp3) is 0.304. The molecule has 0 saturated carbocycles. The summed E-state index contributed by atoms with van der Waals surface area (Å²) in [5.74, 6) is 1.10. The molecule has 1 aliphatic heterocycles. The maximum Gasteiger partial charge on any atom is 0.251 e. The molecule has 0 amide bonds. The highest BCUT2D eigenvalue weighted by Gasteiger charge is 2.20. The van der Waals surface area contributed by atoms with Gasteiger partial charge in [0.05, 0.1) is 10.5 Å². The summed E-state index contributed by atoms with van der Waals surface area (Å²) in [6, 6.07) is 11.9. The molecule has 0 radical (unpaired) electrons. The number of anilines is 1. The second-order valence-electron chi connectivity index (χ2n) is 7.75. The molecule has 0 N–H and O–H groups in total. The third-order valence-electron chi connectivity index (χ3n) is 6.02. The molecule has 154 valence electrons. The maximum atomic E-state index is 12.4. The van der Waals surface area contributed by atoms with Crippen LogP contribution in [0.4, 0.5) is 5.82 Å². The molecule has 1 aromatic carbocycles. The number of nitrogens with zero attached hydrogens (tertiary/aromatic N) is 4. The number of pyridine rings is 2. The number of hydrogen-bond donors (Lipinski definition) is 0. The molecule has 1 fully saturated rings. The minimum absolute atomic E-state index is 0.00893. The number of benzene rings is 1. The van der Waals surface area contributed by atoms with Crippen LogP contribution in [0.5, 0.6) is 0 Å². The molecule has 1 saturated heterocycles. The summed E-state index contributed by atoms with van der Waals surface area (Å²) in [7, 11) is 1.78. The van der Waals surface area contributed by atoms with E-state index in [1.54, 1.807) is 29.0 Å². The van der Waals surface area contributed by atoms with Crippen LogP contribution in [-0.4, -0.2) is 47.2 Å². The number of piperazine rings is 1. The number of thiophene rings is 1. The van der Waals surface area contributed by atoms with Crippen LogP contribution in [0.1, 0.15) is 5.56 Å². The second-order valence-corrected chi connectivity index (χ2v) is 9.10. The minimum atomic E-state index is -0.00893. The third-order valence-corrected chi connectivity index (χ3v) is 7.21. The second kappa shape index (κ2) is 8.02. The Morgan fingerprint density at radius 3 is 2.77 bits per heavy atom. The van der Waals surface area contributed by atoms with Gasteiger partial charge in [-0.3, -0.25) is 9.69 Å². The average molecular weight is 439 g/mol. The van der Waals surface area contributed by atoms with Crippen molar-refractivity contribution in [1.82, 2.24) is 14.5 Å². The first kappa shape index (κ1) is 19.5. The van der Waals surface area contributed by atoms with E-state index in [-0.39, 0.29) is 5.56 Å². The summed E-state index contributed by atoms with van der Waals surface area (Å²) in [6.45, 7) is 4.84. The fourth-order valence-corrected chi connectivity index (χ4v) is 5.43. The van der Waals surface area contributed by atoms with Crippen molar-refractivity contribution in [3.8, 4) is 0 Å². The van der Waals surface area contributed by atoms with Crippen molar-refractivity contribution in [3.63, 3.8) is 0 Å². The van der Waals surface area contributed by atoms with Gasteiger partial charge in [-0.15, -0.1) is 11.3 Å². The first-order chi connectivity index (χ1) is 14.6. The van der Waals surface area contributed by atoms with Crippen molar-refractivity contribution in [1.29, 1.82) is 0 Å². The monoisotopic (exact) mass is 438 g/mol. The minimum Gasteiger partial charge on any atom is -0.354 e. The zero-order valence-electron chi connectivity index (χ0n) is 16.8. The summed E-state index contributed by atoms with van der Waals surface area (Å²) in [5.41, 5.74) is 1.88. The molecular formula is C23H23ClN4OS. The quantitative estimate of drug-likeness (QED) is 0.479. The van der Waals surface area contributed by atoms with Crippen molar-refractivity contribution in [2.75, 3.05) is 37.6 Å². The van der Waals surface area contributed by atoms with E-state index in [0.29, 0.717) is 5.02 Å². The summed E-state index contributed by atoms with van der Waals surface area (Å²) < 4.78 is 2.93. The summed E-state index contributed by atoms with van der Waals surface area (Å²) >= 11 is 8.14. The third kappa shape index (κ3) is 3.49. The largest absolute Gasteiger partial charge is 0.354 e. The molecule has 0 spiro atoms. The molecule has 7 heteroatoms. The van der Waals surface area contributed by atoms with Gasteiger partial charge in [0.15, 0.2) is 0 Å². The molecule has 1 aliphatic rings. The van der Waals surface area contributed by atoms with E-state index in [1.165, 1.54) is 10.1 Å². The molecule has 5 nitrogen and oxygen atoms in total. The molecule has 4 heterocycles. The lowest BCUT2D eigenvalue weighted by molar-refractivity contribution is 0.261. The van der Waals surface area contributed by atoms with Gasteiger partial charge >= 0.3 is 0 Å². The van der Waals surface area contributed by atoms with Gasteiger partial charge in [0.1, 0.15) is 5.82 Å². The lowest BCUT2D eigenvalue weighted by atomic mass is 10.1. The maximum absolute atomic E-state index is 12.4. The zero-order valence-corrected chi connectivity index (χ0v) is 18.4. The lowest BCUT2D eigenvalue weighted by Gasteiger charge is -2.35. The Kier molecular flexibility index (Phi) is 5.23. The number of hydrogen-bond acceptors (Lipinski definition) is 5. The molecule has 30 heavy (non-hydrogen) atoms. The van der Waals surface area contributed by atoms with E-state index in [0.717, 1.165) is 61.4 Å². The van der Waals surface area contributed by atoms with Gasteiger partial charge in [-0.2, -0.15) is 0 Å². The van der Waals surface area contributed by atoms with E-state index >= 15 is 0 Å².